The van der Waals surface area contributed by atoms with Gasteiger partial charge < -0.3 is 9.64 Å². The van der Waals surface area contributed by atoms with Crippen LogP contribution in [0.2, 0.25) is 0 Å². The lowest BCUT2D eigenvalue weighted by atomic mass is 9.93. The number of amides is 1. The van der Waals surface area contributed by atoms with E-state index >= 15 is 0 Å². The SMILES string of the molecule is CC1(C)CC2CCCCn3ccc(n3)SNC(=O)c3ccc(-n4ccc(OCCC5(C(F)(F)F)CC5)n4)nc3N1C2. The second-order valence-electron chi connectivity index (χ2n) is 12.0. The summed E-state index contributed by atoms with van der Waals surface area (Å²) in [5.74, 6) is 1.50. The summed E-state index contributed by atoms with van der Waals surface area (Å²) in [6.45, 7) is 5.93. The maximum atomic E-state index is 13.4. The van der Waals surface area contributed by atoms with E-state index in [1.165, 1.54) is 16.6 Å². The van der Waals surface area contributed by atoms with E-state index in [-0.39, 0.29) is 43.2 Å². The number of pyridine rings is 1. The normalized spacial score (nSPS) is 21.9. The number of rotatable bonds is 5. The Morgan fingerprint density at radius 1 is 1.12 bits per heavy atom. The van der Waals surface area contributed by atoms with Gasteiger partial charge in [0.25, 0.3) is 5.91 Å². The average molecular weight is 590 g/mol. The van der Waals surface area contributed by atoms with Crippen LogP contribution in [0.25, 0.3) is 5.82 Å². The molecule has 3 aliphatic rings. The zero-order valence-electron chi connectivity index (χ0n) is 23.2. The number of nitrogens with zero attached hydrogens (tertiary/aromatic N) is 6. The second kappa shape index (κ2) is 10.6. The highest BCUT2D eigenvalue weighted by Gasteiger charge is 2.62. The molecule has 41 heavy (non-hydrogen) atoms. The number of anilines is 1. The van der Waals surface area contributed by atoms with E-state index in [4.69, 9.17) is 9.72 Å². The van der Waals surface area contributed by atoms with E-state index < -0.39 is 11.6 Å². The fraction of sp³-hybridized carbons (Fsp3) is 0.571. The van der Waals surface area contributed by atoms with Gasteiger partial charge in [0, 0.05) is 49.0 Å². The third-order valence-corrected chi connectivity index (χ3v) is 9.23. The van der Waals surface area contributed by atoms with Crippen molar-refractivity contribution in [3.8, 4) is 11.7 Å². The number of carbonyl (C=O) groups is 1. The van der Waals surface area contributed by atoms with Crippen LogP contribution >= 0.6 is 11.9 Å². The summed E-state index contributed by atoms with van der Waals surface area (Å²) in [5, 5.41) is 9.67. The molecule has 3 aromatic heterocycles. The molecule has 2 fully saturated rings. The first-order valence-electron chi connectivity index (χ1n) is 14.1. The summed E-state index contributed by atoms with van der Waals surface area (Å²) in [7, 11) is 0. The Morgan fingerprint density at radius 2 is 1.95 bits per heavy atom. The van der Waals surface area contributed by atoms with E-state index in [0.29, 0.717) is 28.1 Å². The molecule has 2 aliphatic heterocycles. The van der Waals surface area contributed by atoms with Crippen LogP contribution in [0.1, 0.15) is 69.2 Å². The van der Waals surface area contributed by atoms with E-state index in [9.17, 15) is 18.0 Å². The third kappa shape index (κ3) is 5.77. The smallest absolute Gasteiger partial charge is 0.394 e. The Bertz CT molecular complexity index is 1420. The van der Waals surface area contributed by atoms with Gasteiger partial charge in [0.05, 0.1) is 17.6 Å². The first kappa shape index (κ1) is 27.9. The molecule has 9 nitrogen and oxygen atoms in total. The van der Waals surface area contributed by atoms with Crippen molar-refractivity contribution in [1.29, 1.82) is 0 Å². The predicted octanol–water partition coefficient (Wildman–Crippen LogP) is 5.80. The molecule has 220 valence electrons. The summed E-state index contributed by atoms with van der Waals surface area (Å²) in [4.78, 5) is 20.6. The van der Waals surface area contributed by atoms with Crippen LogP contribution in [0.5, 0.6) is 5.88 Å². The molecule has 1 saturated carbocycles. The minimum atomic E-state index is -4.21. The number of aromatic nitrogens is 5. The van der Waals surface area contributed by atoms with Gasteiger partial charge in [0.2, 0.25) is 5.88 Å². The first-order valence-corrected chi connectivity index (χ1v) is 14.9. The van der Waals surface area contributed by atoms with E-state index in [1.54, 1.807) is 24.4 Å². The van der Waals surface area contributed by atoms with Crippen molar-refractivity contribution in [2.24, 2.45) is 11.3 Å². The number of hydrogen-bond donors (Lipinski definition) is 1. The van der Waals surface area contributed by atoms with Crippen LogP contribution in [0.4, 0.5) is 19.0 Å². The lowest BCUT2D eigenvalue weighted by Crippen LogP contribution is -2.40. The number of alkyl halides is 3. The third-order valence-electron chi connectivity index (χ3n) is 8.52. The molecule has 0 radical (unpaired) electrons. The van der Waals surface area contributed by atoms with Gasteiger partial charge in [-0.3, -0.25) is 14.2 Å². The fourth-order valence-electron chi connectivity index (χ4n) is 5.97. The fourth-order valence-corrected chi connectivity index (χ4v) is 6.56. The molecular formula is C28H34F3N7O2S. The summed E-state index contributed by atoms with van der Waals surface area (Å²) in [6.07, 6.45) is 3.81. The van der Waals surface area contributed by atoms with Gasteiger partial charge in [-0.05, 0) is 76.5 Å². The van der Waals surface area contributed by atoms with Crippen molar-refractivity contribution in [2.75, 3.05) is 18.1 Å². The molecule has 1 unspecified atom stereocenters. The number of hydrogen-bond acceptors (Lipinski definition) is 7. The Balaban J connectivity index is 1.25. The van der Waals surface area contributed by atoms with E-state index in [1.807, 2.05) is 16.9 Å². The monoisotopic (exact) mass is 589 g/mol. The van der Waals surface area contributed by atoms with Crippen molar-refractivity contribution in [3.63, 3.8) is 0 Å². The highest BCUT2D eigenvalue weighted by molar-refractivity contribution is 7.97. The van der Waals surface area contributed by atoms with Gasteiger partial charge in [-0.2, -0.15) is 18.3 Å². The molecule has 6 rings (SSSR count). The quantitative estimate of drug-likeness (QED) is 0.376. The van der Waals surface area contributed by atoms with Gasteiger partial charge in [-0.15, -0.1) is 5.10 Å². The zero-order valence-corrected chi connectivity index (χ0v) is 24.0. The molecule has 5 heterocycles. The molecule has 1 aliphatic carbocycles. The van der Waals surface area contributed by atoms with Crippen LogP contribution in [0.3, 0.4) is 0 Å². The van der Waals surface area contributed by atoms with Gasteiger partial charge in [-0.1, -0.05) is 6.42 Å². The molecule has 1 amide bonds. The number of aryl methyl sites for hydroxylation is 1. The standard InChI is InChI=1S/C28H34F3N7O2S/c1-26(2)17-19-5-3-4-13-36-14-9-23(34-36)41-35-25(39)20-6-7-21(32-24(20)37(26)18-19)38-15-8-22(33-38)40-16-12-27(10-11-27)28(29,30)31/h6-9,14-15,19H,3-5,10-13,16-18H2,1-2H3,(H,35,39). The Labute approximate surface area is 241 Å². The number of carbonyl (C=O) groups excluding carboxylic acids is 1. The lowest BCUT2D eigenvalue weighted by molar-refractivity contribution is -0.190. The predicted molar refractivity (Wildman–Crippen MR) is 148 cm³/mol. The summed E-state index contributed by atoms with van der Waals surface area (Å²) in [6, 6.07) is 6.96. The number of halogens is 3. The number of ether oxygens (including phenoxy) is 1. The van der Waals surface area contributed by atoms with Crippen molar-refractivity contribution >= 4 is 23.7 Å². The molecule has 1 N–H and O–H groups in total. The highest BCUT2D eigenvalue weighted by atomic mass is 32.2. The van der Waals surface area contributed by atoms with Crippen molar-refractivity contribution < 1.29 is 22.7 Å². The highest BCUT2D eigenvalue weighted by Crippen LogP contribution is 2.59. The van der Waals surface area contributed by atoms with Gasteiger partial charge in [0.1, 0.15) is 10.8 Å². The van der Waals surface area contributed by atoms with Crippen LogP contribution in [-0.4, -0.2) is 55.3 Å². The molecule has 1 saturated heterocycles. The van der Waals surface area contributed by atoms with Crippen LogP contribution < -0.4 is 14.4 Å². The number of nitrogens with one attached hydrogen (secondary N) is 1. The van der Waals surface area contributed by atoms with Gasteiger partial charge >= 0.3 is 6.18 Å². The van der Waals surface area contributed by atoms with Gasteiger partial charge in [-0.25, -0.2) is 9.67 Å². The maximum Gasteiger partial charge on any atom is 0.394 e. The second-order valence-corrected chi connectivity index (χ2v) is 12.8. The minimum absolute atomic E-state index is 0.0619. The van der Waals surface area contributed by atoms with Crippen molar-refractivity contribution in [1.82, 2.24) is 29.3 Å². The summed E-state index contributed by atoms with van der Waals surface area (Å²) in [5.41, 5.74) is -1.37. The summed E-state index contributed by atoms with van der Waals surface area (Å²) >= 11 is 1.18. The Hall–Kier alpha value is -3.22. The van der Waals surface area contributed by atoms with Crippen molar-refractivity contribution in [2.45, 2.75) is 82.1 Å². The van der Waals surface area contributed by atoms with Crippen molar-refractivity contribution in [3.05, 3.63) is 42.2 Å². The molecule has 13 heteroatoms. The first-order chi connectivity index (χ1) is 19.5. The van der Waals surface area contributed by atoms with Crippen LogP contribution in [0.15, 0.2) is 41.7 Å². The zero-order chi connectivity index (χ0) is 28.8. The molecule has 1 atom stereocenters. The van der Waals surface area contributed by atoms with E-state index in [0.717, 1.165) is 38.8 Å². The maximum absolute atomic E-state index is 13.4. The molecule has 0 spiro atoms. The molecular weight excluding hydrogens is 555 g/mol. The van der Waals surface area contributed by atoms with Crippen LogP contribution in [-0.2, 0) is 6.54 Å². The lowest BCUT2D eigenvalue weighted by Gasteiger charge is -2.34. The van der Waals surface area contributed by atoms with Gasteiger partial charge in [0.15, 0.2) is 5.82 Å². The molecule has 4 bridgehead atoms. The summed E-state index contributed by atoms with van der Waals surface area (Å²) < 4.78 is 51.7. The van der Waals surface area contributed by atoms with Crippen LogP contribution in [0, 0.1) is 11.3 Å². The minimum Gasteiger partial charge on any atom is -0.477 e. The average Bonchev–Trinajstić information content (AvgIpc) is 3.23. The molecule has 3 aromatic rings. The Kier molecular flexibility index (Phi) is 7.19. The Morgan fingerprint density at radius 3 is 2.73 bits per heavy atom. The largest absolute Gasteiger partial charge is 0.477 e. The topological polar surface area (TPSA) is 90.1 Å². The number of fused-ring (bicyclic) bond motifs is 6. The van der Waals surface area contributed by atoms with E-state index in [2.05, 4.69) is 33.7 Å². The molecule has 0 aromatic carbocycles.